The molecule has 1 saturated carbocycles. The van der Waals surface area contributed by atoms with Crippen LogP contribution < -0.4 is 0 Å². The number of carbonyl (C=O) groups excluding carboxylic acids is 4. The monoisotopic (exact) mass is 873 g/mol. The van der Waals surface area contributed by atoms with Crippen LogP contribution >= 0.6 is 11.9 Å². The van der Waals surface area contributed by atoms with Gasteiger partial charge in [0.25, 0.3) is 11.7 Å². The standard InChI is InChI=1S/C49H80N2O9S/c1-34(39(6)50(7)61-9)21-13-11-10-12-14-22-35(2)43(52)33-44(53)36(3)23-15-16-28-45(37(4)31-40-25-19-26-41(32-40)58-8)60-48(56)42-27-17-18-29-51(42)47(55)46(54)49(57)38(5)24-20-30-59-49/h10-13,21,23,35,37-42,44-45,53,57H,14-20,22,24-33H2,1-9H3/b12-10+,13-11+,34-21+,36-23+/t35?,37-,38?,39?,40?,41?,42?,44?,45+,49?/m1/s1. The fourth-order valence-corrected chi connectivity index (χ4v) is 9.34. The first kappa shape index (κ1) is 52.7. The molecule has 12 heteroatoms. The lowest BCUT2D eigenvalue weighted by molar-refractivity contribution is -0.241. The highest BCUT2D eigenvalue weighted by atomic mass is 32.2. The Morgan fingerprint density at radius 3 is 2.43 bits per heavy atom. The predicted molar refractivity (Wildman–Crippen MR) is 244 cm³/mol. The van der Waals surface area contributed by atoms with Crippen molar-refractivity contribution in [2.24, 2.45) is 23.7 Å². The van der Waals surface area contributed by atoms with Gasteiger partial charge in [0.05, 0.1) is 18.8 Å². The number of methoxy groups -OCH3 is 1. The van der Waals surface area contributed by atoms with Crippen molar-refractivity contribution < 1.29 is 43.6 Å². The number of hydrogen-bond acceptors (Lipinski definition) is 11. The van der Waals surface area contributed by atoms with Crippen molar-refractivity contribution in [3.63, 3.8) is 0 Å². The van der Waals surface area contributed by atoms with Gasteiger partial charge in [0.15, 0.2) is 0 Å². The quantitative estimate of drug-likeness (QED) is 0.0240. The number of Topliss-reactive ketones (excluding diaryl/α,β-unsaturated/α-hetero) is 2. The molecule has 2 heterocycles. The summed E-state index contributed by atoms with van der Waals surface area (Å²) in [6.07, 6.45) is 24.8. The number of allylic oxidation sites excluding steroid dienone is 6. The highest BCUT2D eigenvalue weighted by Gasteiger charge is 2.51. The zero-order valence-corrected chi connectivity index (χ0v) is 39.8. The van der Waals surface area contributed by atoms with Crippen LogP contribution in [0, 0.1) is 23.7 Å². The van der Waals surface area contributed by atoms with Crippen LogP contribution in [0.5, 0.6) is 0 Å². The number of ketones is 2. The zero-order chi connectivity index (χ0) is 45.1. The Labute approximate surface area is 372 Å². The third-order valence-electron chi connectivity index (χ3n) is 13.6. The topological polar surface area (TPSA) is 143 Å². The molecule has 2 saturated heterocycles. The van der Waals surface area contributed by atoms with Gasteiger partial charge in [0.1, 0.15) is 17.9 Å². The summed E-state index contributed by atoms with van der Waals surface area (Å²) in [4.78, 5) is 55.4. The van der Waals surface area contributed by atoms with Gasteiger partial charge in [0, 0.05) is 38.0 Å². The first-order valence-electron chi connectivity index (χ1n) is 23.1. The van der Waals surface area contributed by atoms with E-state index in [1.807, 2.05) is 38.2 Å². The van der Waals surface area contributed by atoms with Crippen LogP contribution in [0.15, 0.2) is 47.6 Å². The number of aliphatic hydroxyl groups is 2. The molecular formula is C49H80N2O9S. The Bertz CT molecular complexity index is 1530. The van der Waals surface area contributed by atoms with Gasteiger partial charge >= 0.3 is 5.97 Å². The smallest absolute Gasteiger partial charge is 0.329 e. The molecular weight excluding hydrogens is 793 g/mol. The summed E-state index contributed by atoms with van der Waals surface area (Å²) >= 11 is 1.71. The van der Waals surface area contributed by atoms with E-state index in [1.54, 1.807) is 26.0 Å². The van der Waals surface area contributed by atoms with Crippen molar-refractivity contribution in [2.75, 3.05) is 33.6 Å². The Morgan fingerprint density at radius 1 is 0.967 bits per heavy atom. The zero-order valence-electron chi connectivity index (χ0n) is 38.9. The van der Waals surface area contributed by atoms with Gasteiger partial charge in [-0.1, -0.05) is 87.6 Å². The van der Waals surface area contributed by atoms with Crippen molar-refractivity contribution in [2.45, 2.75) is 180 Å². The maximum Gasteiger partial charge on any atom is 0.329 e. The summed E-state index contributed by atoms with van der Waals surface area (Å²) in [5.74, 6) is -4.80. The van der Waals surface area contributed by atoms with Gasteiger partial charge in [-0.15, -0.1) is 0 Å². The number of rotatable bonds is 24. The van der Waals surface area contributed by atoms with Gasteiger partial charge in [-0.3, -0.25) is 14.4 Å². The third-order valence-corrected chi connectivity index (χ3v) is 14.5. The molecule has 3 fully saturated rings. The maximum absolute atomic E-state index is 14.0. The number of hydrogen-bond donors (Lipinski definition) is 2. The highest BCUT2D eigenvalue weighted by molar-refractivity contribution is 7.96. The summed E-state index contributed by atoms with van der Waals surface area (Å²) in [7, 11) is 3.85. The number of unbranched alkanes of at least 4 members (excludes halogenated alkanes) is 1. The van der Waals surface area contributed by atoms with E-state index >= 15 is 0 Å². The number of carbonyl (C=O) groups is 4. The lowest BCUT2D eigenvalue weighted by atomic mass is 9.80. The van der Waals surface area contributed by atoms with Gasteiger partial charge in [-0.05, 0) is 135 Å². The van der Waals surface area contributed by atoms with E-state index in [1.165, 1.54) is 10.5 Å². The Kier molecular flexibility index (Phi) is 23.2. The van der Waals surface area contributed by atoms with Crippen LogP contribution in [0.4, 0.5) is 0 Å². The second-order valence-electron chi connectivity index (χ2n) is 18.2. The van der Waals surface area contributed by atoms with Crippen LogP contribution in [0.3, 0.4) is 0 Å². The minimum absolute atomic E-state index is 0.0405. The fourth-order valence-electron chi connectivity index (χ4n) is 8.86. The molecule has 0 aromatic heterocycles. The maximum atomic E-state index is 14.0. The van der Waals surface area contributed by atoms with Crippen LogP contribution in [0.25, 0.3) is 0 Å². The number of aliphatic hydroxyl groups excluding tert-OH is 1. The molecule has 11 nitrogen and oxygen atoms in total. The molecule has 346 valence electrons. The second kappa shape index (κ2) is 26.9. The molecule has 10 atom stereocenters. The molecule has 0 aromatic rings. The molecule has 0 aromatic carbocycles. The van der Waals surface area contributed by atoms with Crippen LogP contribution in [0.2, 0.25) is 0 Å². The number of amides is 1. The van der Waals surface area contributed by atoms with E-state index in [0.29, 0.717) is 69.7 Å². The van der Waals surface area contributed by atoms with E-state index in [2.05, 4.69) is 50.5 Å². The SMILES string of the molecule is COC1CCCC(C[C@@H](C)[C@H](CCC/C=C(\C)C(O)CC(=O)C(C)CC/C=C/C=C/C=C(\C)C(C)N(C)SC)OC(=O)C2CCCCN2C(=O)C(=O)C2(O)OCCCC2C)C1. The van der Waals surface area contributed by atoms with Crippen molar-refractivity contribution in [3.05, 3.63) is 47.6 Å². The lowest BCUT2D eigenvalue weighted by Gasteiger charge is -2.39. The van der Waals surface area contributed by atoms with Crippen molar-refractivity contribution in [1.29, 1.82) is 0 Å². The molecule has 3 aliphatic rings. The van der Waals surface area contributed by atoms with Crippen LogP contribution in [0.1, 0.15) is 144 Å². The second-order valence-corrected chi connectivity index (χ2v) is 19.1. The Hall–Kier alpha value is -2.61. The third kappa shape index (κ3) is 16.5. The van der Waals surface area contributed by atoms with Crippen molar-refractivity contribution in [3.8, 4) is 0 Å². The molecule has 8 unspecified atom stereocenters. The van der Waals surface area contributed by atoms with E-state index in [0.717, 1.165) is 44.1 Å². The minimum Gasteiger partial charge on any atom is -0.461 e. The van der Waals surface area contributed by atoms with E-state index in [9.17, 15) is 29.4 Å². The summed E-state index contributed by atoms with van der Waals surface area (Å²) in [5.41, 5.74) is 2.03. The number of ether oxygens (including phenoxy) is 3. The fraction of sp³-hybridized carbons (Fsp3) is 0.755. The molecule has 0 radical (unpaired) electrons. The molecule has 1 aliphatic carbocycles. The molecule has 0 bridgehead atoms. The summed E-state index contributed by atoms with van der Waals surface area (Å²) < 4.78 is 19.7. The molecule has 2 N–H and O–H groups in total. The van der Waals surface area contributed by atoms with Gasteiger partial charge in [-0.2, -0.15) is 0 Å². The van der Waals surface area contributed by atoms with Gasteiger partial charge < -0.3 is 29.3 Å². The number of esters is 1. The highest BCUT2D eigenvalue weighted by Crippen LogP contribution is 2.35. The van der Waals surface area contributed by atoms with Gasteiger partial charge in [0.2, 0.25) is 5.79 Å². The van der Waals surface area contributed by atoms with Crippen molar-refractivity contribution in [1.82, 2.24) is 9.21 Å². The number of likely N-dealkylation sites (tertiary alicyclic amines) is 1. The molecule has 2 aliphatic heterocycles. The first-order valence-corrected chi connectivity index (χ1v) is 24.3. The van der Waals surface area contributed by atoms with E-state index < -0.39 is 47.6 Å². The largest absolute Gasteiger partial charge is 0.461 e. The minimum atomic E-state index is -2.19. The van der Waals surface area contributed by atoms with Crippen molar-refractivity contribution >= 4 is 35.4 Å². The summed E-state index contributed by atoms with van der Waals surface area (Å²) in [5, 5.41) is 22.1. The van der Waals surface area contributed by atoms with E-state index in [4.69, 9.17) is 14.2 Å². The summed E-state index contributed by atoms with van der Waals surface area (Å²) in [6.45, 7) is 12.3. The van der Waals surface area contributed by atoms with E-state index in [-0.39, 0.29) is 43.3 Å². The lowest BCUT2D eigenvalue weighted by Crippen LogP contribution is -2.59. The molecule has 0 spiro atoms. The normalized spacial score (nSPS) is 26.9. The van der Waals surface area contributed by atoms with Crippen LogP contribution in [-0.2, 0) is 33.4 Å². The van der Waals surface area contributed by atoms with Gasteiger partial charge in [-0.25, -0.2) is 9.10 Å². The number of likely N-dealkylation sites (N-methyl/N-ethyl adjacent to an activating group) is 1. The van der Waals surface area contributed by atoms with Crippen LogP contribution in [-0.4, -0.2) is 113 Å². The molecule has 1 amide bonds. The average molecular weight is 873 g/mol. The predicted octanol–water partition coefficient (Wildman–Crippen LogP) is 8.72. The Balaban J connectivity index is 1.58. The molecule has 3 rings (SSSR count). The number of piperidine rings is 1. The average Bonchev–Trinajstić information content (AvgIpc) is 3.26. The molecule has 61 heavy (non-hydrogen) atoms. The first-order chi connectivity index (χ1) is 29.0. The Morgan fingerprint density at radius 2 is 1.72 bits per heavy atom. The number of nitrogens with zero attached hydrogens (tertiary/aromatic N) is 2. The summed E-state index contributed by atoms with van der Waals surface area (Å²) in [6, 6.07) is -0.565.